The molecule has 1 aromatic carbocycles. The van der Waals surface area contributed by atoms with Gasteiger partial charge in [0.1, 0.15) is 5.75 Å². The highest BCUT2D eigenvalue weighted by molar-refractivity contribution is 7.85. The van der Waals surface area contributed by atoms with Crippen molar-refractivity contribution in [1.29, 1.82) is 0 Å². The van der Waals surface area contributed by atoms with Crippen LogP contribution in [0, 0.1) is 0 Å². The summed E-state index contributed by atoms with van der Waals surface area (Å²) in [4.78, 5) is 0. The number of hydrogen-bond donors (Lipinski definition) is 1. The minimum atomic E-state index is -0.764. The quantitative estimate of drug-likeness (QED) is 0.788. The van der Waals surface area contributed by atoms with E-state index in [2.05, 4.69) is 25.2 Å². The molecule has 0 radical (unpaired) electrons. The Kier molecular flexibility index (Phi) is 6.98. The maximum absolute atomic E-state index is 11.9. The highest BCUT2D eigenvalue weighted by atomic mass is 32.2. The van der Waals surface area contributed by atoms with Crippen molar-refractivity contribution >= 4 is 10.8 Å². The van der Waals surface area contributed by atoms with E-state index in [0.717, 1.165) is 30.0 Å². The highest BCUT2D eigenvalue weighted by Crippen LogP contribution is 2.20. The van der Waals surface area contributed by atoms with Crippen molar-refractivity contribution in [2.75, 3.05) is 25.2 Å². The van der Waals surface area contributed by atoms with Crippen LogP contribution in [0.5, 0.6) is 5.75 Å². The number of rotatable bonds is 8. The fourth-order valence-corrected chi connectivity index (χ4v) is 3.18. The van der Waals surface area contributed by atoms with Crippen LogP contribution < -0.4 is 10.1 Å². The second kappa shape index (κ2) is 8.27. The predicted octanol–water partition coefficient (Wildman–Crippen LogP) is 2.50. The van der Waals surface area contributed by atoms with E-state index in [1.54, 1.807) is 7.11 Å². The topological polar surface area (TPSA) is 38.3 Å². The van der Waals surface area contributed by atoms with Crippen molar-refractivity contribution in [3.8, 4) is 5.75 Å². The van der Waals surface area contributed by atoms with Gasteiger partial charge >= 0.3 is 0 Å². The van der Waals surface area contributed by atoms with E-state index >= 15 is 0 Å². The van der Waals surface area contributed by atoms with Gasteiger partial charge in [-0.2, -0.15) is 0 Å². The Morgan fingerprint density at radius 3 is 2.78 bits per heavy atom. The van der Waals surface area contributed by atoms with Crippen LogP contribution in [0.2, 0.25) is 0 Å². The standard InChI is InChI=1S/C14H23NO2S/c1-4-9-18(16)11-14(15-5-2)12-7-6-8-13(10-12)17-3/h6-8,10,14-15H,4-5,9,11H2,1-3H3. The molecule has 18 heavy (non-hydrogen) atoms. The molecule has 2 unspecified atom stereocenters. The van der Waals surface area contributed by atoms with Gasteiger partial charge in [0.25, 0.3) is 0 Å². The monoisotopic (exact) mass is 269 g/mol. The summed E-state index contributed by atoms with van der Waals surface area (Å²) in [6, 6.07) is 8.10. The first-order chi connectivity index (χ1) is 8.71. The third-order valence-corrected chi connectivity index (χ3v) is 4.30. The summed E-state index contributed by atoms with van der Waals surface area (Å²) >= 11 is 0. The summed E-state index contributed by atoms with van der Waals surface area (Å²) in [6.45, 7) is 4.99. The lowest BCUT2D eigenvalue weighted by Gasteiger charge is -2.18. The van der Waals surface area contributed by atoms with E-state index in [4.69, 9.17) is 4.74 Å². The van der Waals surface area contributed by atoms with Gasteiger partial charge in [-0.15, -0.1) is 0 Å². The first-order valence-electron chi connectivity index (χ1n) is 6.43. The molecule has 0 aliphatic carbocycles. The fraction of sp³-hybridized carbons (Fsp3) is 0.571. The van der Waals surface area contributed by atoms with Gasteiger partial charge in [0.05, 0.1) is 7.11 Å². The van der Waals surface area contributed by atoms with E-state index in [9.17, 15) is 4.21 Å². The summed E-state index contributed by atoms with van der Waals surface area (Å²) in [5.74, 6) is 2.28. The van der Waals surface area contributed by atoms with Gasteiger partial charge in [0.15, 0.2) is 0 Å². The number of benzene rings is 1. The second-order valence-electron chi connectivity index (χ2n) is 4.20. The first kappa shape index (κ1) is 15.2. The molecule has 0 heterocycles. The van der Waals surface area contributed by atoms with Crippen LogP contribution in [-0.2, 0) is 10.8 Å². The molecule has 0 fully saturated rings. The maximum Gasteiger partial charge on any atom is 0.119 e. The van der Waals surface area contributed by atoms with Crippen molar-refractivity contribution < 1.29 is 8.95 Å². The third kappa shape index (κ3) is 4.78. The molecule has 0 aliphatic heterocycles. The van der Waals surface area contributed by atoms with Gasteiger partial charge in [-0.25, -0.2) is 0 Å². The van der Waals surface area contributed by atoms with E-state index < -0.39 is 10.8 Å². The summed E-state index contributed by atoms with van der Waals surface area (Å²) in [5.41, 5.74) is 1.14. The maximum atomic E-state index is 11.9. The summed E-state index contributed by atoms with van der Waals surface area (Å²) < 4.78 is 17.1. The molecule has 0 bridgehead atoms. The van der Waals surface area contributed by atoms with Crippen molar-refractivity contribution in [2.24, 2.45) is 0 Å². The van der Waals surface area contributed by atoms with Crippen LogP contribution in [0.15, 0.2) is 24.3 Å². The Morgan fingerprint density at radius 2 is 2.17 bits per heavy atom. The molecule has 4 heteroatoms. The first-order valence-corrected chi connectivity index (χ1v) is 7.92. The zero-order valence-electron chi connectivity index (χ0n) is 11.4. The lowest BCUT2D eigenvalue weighted by molar-refractivity contribution is 0.413. The normalized spacial score (nSPS) is 14.2. The summed E-state index contributed by atoms with van der Waals surface area (Å²) in [7, 11) is 0.899. The molecule has 1 rings (SSSR count). The molecule has 0 amide bonds. The molecule has 102 valence electrons. The Balaban J connectivity index is 2.79. The van der Waals surface area contributed by atoms with Crippen molar-refractivity contribution in [1.82, 2.24) is 5.32 Å². The van der Waals surface area contributed by atoms with E-state index in [1.165, 1.54) is 0 Å². The average molecular weight is 269 g/mol. The number of hydrogen-bond acceptors (Lipinski definition) is 3. The number of ether oxygens (including phenoxy) is 1. The Bertz CT molecular complexity index is 382. The molecule has 0 saturated heterocycles. The average Bonchev–Trinajstić information content (AvgIpc) is 2.38. The SMILES string of the molecule is CCCS(=O)CC(NCC)c1cccc(OC)c1. The second-order valence-corrected chi connectivity index (χ2v) is 5.82. The van der Waals surface area contributed by atoms with E-state index in [1.807, 2.05) is 18.2 Å². The van der Waals surface area contributed by atoms with Crippen LogP contribution in [0.3, 0.4) is 0 Å². The Labute approximate surface area is 112 Å². The predicted molar refractivity (Wildman–Crippen MR) is 77.6 cm³/mol. The van der Waals surface area contributed by atoms with E-state index in [0.29, 0.717) is 5.75 Å². The lowest BCUT2D eigenvalue weighted by atomic mass is 10.1. The zero-order chi connectivity index (χ0) is 13.4. The van der Waals surface area contributed by atoms with Crippen LogP contribution in [0.25, 0.3) is 0 Å². The highest BCUT2D eigenvalue weighted by Gasteiger charge is 2.14. The minimum absolute atomic E-state index is 0.137. The van der Waals surface area contributed by atoms with Gasteiger partial charge in [-0.1, -0.05) is 26.0 Å². The van der Waals surface area contributed by atoms with Crippen LogP contribution in [0.1, 0.15) is 31.9 Å². The molecule has 1 aromatic rings. The fourth-order valence-electron chi connectivity index (χ4n) is 1.87. The molecule has 0 saturated carbocycles. The lowest BCUT2D eigenvalue weighted by Crippen LogP contribution is -2.26. The van der Waals surface area contributed by atoms with Gasteiger partial charge in [-0.05, 0) is 30.7 Å². The van der Waals surface area contributed by atoms with Gasteiger partial charge in [0, 0.05) is 28.3 Å². The van der Waals surface area contributed by atoms with Crippen LogP contribution in [0.4, 0.5) is 0 Å². The summed E-state index contributed by atoms with van der Waals surface area (Å²) in [6.07, 6.45) is 0.962. The molecular formula is C14H23NO2S. The molecular weight excluding hydrogens is 246 g/mol. The molecule has 1 N–H and O–H groups in total. The van der Waals surface area contributed by atoms with Crippen LogP contribution in [-0.4, -0.2) is 29.4 Å². The Morgan fingerprint density at radius 1 is 1.39 bits per heavy atom. The smallest absolute Gasteiger partial charge is 0.119 e. The largest absolute Gasteiger partial charge is 0.497 e. The zero-order valence-corrected chi connectivity index (χ0v) is 12.3. The molecule has 0 aromatic heterocycles. The third-order valence-electron chi connectivity index (χ3n) is 2.73. The molecule has 0 aliphatic rings. The molecule has 0 spiro atoms. The van der Waals surface area contributed by atoms with Crippen molar-refractivity contribution in [2.45, 2.75) is 26.3 Å². The minimum Gasteiger partial charge on any atom is -0.497 e. The molecule has 3 nitrogen and oxygen atoms in total. The van der Waals surface area contributed by atoms with Gasteiger partial charge < -0.3 is 10.1 Å². The van der Waals surface area contributed by atoms with Crippen molar-refractivity contribution in [3.05, 3.63) is 29.8 Å². The van der Waals surface area contributed by atoms with Gasteiger partial charge in [0.2, 0.25) is 0 Å². The van der Waals surface area contributed by atoms with E-state index in [-0.39, 0.29) is 6.04 Å². The number of nitrogens with one attached hydrogen (secondary N) is 1. The summed E-state index contributed by atoms with van der Waals surface area (Å²) in [5, 5.41) is 3.39. The van der Waals surface area contributed by atoms with Gasteiger partial charge in [-0.3, -0.25) is 4.21 Å². The Hall–Kier alpha value is -0.870. The molecule has 2 atom stereocenters. The number of methoxy groups -OCH3 is 1. The van der Waals surface area contributed by atoms with Crippen LogP contribution >= 0.6 is 0 Å². The van der Waals surface area contributed by atoms with Crippen molar-refractivity contribution in [3.63, 3.8) is 0 Å².